The van der Waals surface area contributed by atoms with Crippen molar-refractivity contribution in [3.8, 4) is 0 Å². The highest BCUT2D eigenvalue weighted by Gasteiger charge is 2.15. The zero-order valence-corrected chi connectivity index (χ0v) is 15.9. The second-order valence-electron chi connectivity index (χ2n) is 6.53. The van der Waals surface area contributed by atoms with Gasteiger partial charge in [0, 0.05) is 6.08 Å². The minimum Gasteiger partial charge on any atom is -0.345 e. The Kier molecular flexibility index (Phi) is 6.53. The van der Waals surface area contributed by atoms with Gasteiger partial charge in [-0.05, 0) is 48.4 Å². The van der Waals surface area contributed by atoms with Crippen LogP contribution in [0, 0.1) is 5.82 Å². The van der Waals surface area contributed by atoms with Crippen LogP contribution in [-0.2, 0) is 4.79 Å². The third-order valence-electron chi connectivity index (χ3n) is 4.37. The molecule has 0 saturated heterocycles. The fraction of sp³-hybridized carbons (Fsp3) is 0.0833. The second kappa shape index (κ2) is 9.46. The van der Waals surface area contributed by atoms with Gasteiger partial charge in [-0.25, -0.2) is 4.39 Å². The van der Waals surface area contributed by atoms with E-state index >= 15 is 0 Å². The Morgan fingerprint density at radius 3 is 2.28 bits per heavy atom. The van der Waals surface area contributed by atoms with Crippen LogP contribution in [-0.4, -0.2) is 11.8 Å². The molecule has 29 heavy (non-hydrogen) atoms. The zero-order valence-electron chi connectivity index (χ0n) is 15.9. The summed E-state index contributed by atoms with van der Waals surface area (Å²) in [7, 11) is 0. The quantitative estimate of drug-likeness (QED) is 0.586. The molecule has 146 valence electrons. The van der Waals surface area contributed by atoms with Gasteiger partial charge < -0.3 is 10.6 Å². The molecule has 3 aromatic carbocycles. The van der Waals surface area contributed by atoms with Crippen LogP contribution < -0.4 is 10.6 Å². The Morgan fingerprint density at radius 1 is 0.897 bits per heavy atom. The van der Waals surface area contributed by atoms with Crippen molar-refractivity contribution in [2.24, 2.45) is 0 Å². The van der Waals surface area contributed by atoms with Crippen LogP contribution in [0.2, 0.25) is 0 Å². The van der Waals surface area contributed by atoms with Crippen molar-refractivity contribution >= 4 is 23.6 Å². The van der Waals surface area contributed by atoms with Crippen LogP contribution in [0.15, 0.2) is 84.9 Å². The summed E-state index contributed by atoms with van der Waals surface area (Å²) in [5, 5.41) is 5.67. The summed E-state index contributed by atoms with van der Waals surface area (Å²) in [5.41, 5.74) is 2.48. The fourth-order valence-corrected chi connectivity index (χ4v) is 2.81. The van der Waals surface area contributed by atoms with E-state index in [1.54, 1.807) is 42.5 Å². The Balaban J connectivity index is 1.68. The molecule has 0 heterocycles. The standard InChI is InChI=1S/C24H21FN2O2/c1-17(19-7-3-2-4-8-19)26-24(29)21-9-5-6-10-22(21)27-23(28)16-13-18-11-14-20(25)15-12-18/h2-17H,1H3,(H,26,29)(H,27,28). The molecule has 3 aromatic rings. The number of para-hydroxylation sites is 1. The lowest BCUT2D eigenvalue weighted by atomic mass is 10.1. The van der Waals surface area contributed by atoms with Gasteiger partial charge in [-0.15, -0.1) is 0 Å². The minimum absolute atomic E-state index is 0.175. The van der Waals surface area contributed by atoms with Crippen LogP contribution in [0.5, 0.6) is 0 Å². The number of rotatable bonds is 6. The molecule has 0 spiro atoms. The predicted molar refractivity (Wildman–Crippen MR) is 113 cm³/mol. The van der Waals surface area contributed by atoms with Gasteiger partial charge in [0.05, 0.1) is 17.3 Å². The average Bonchev–Trinajstić information content (AvgIpc) is 2.74. The molecule has 3 rings (SSSR count). The number of hydrogen-bond acceptors (Lipinski definition) is 2. The smallest absolute Gasteiger partial charge is 0.253 e. The number of anilines is 1. The number of hydrogen-bond donors (Lipinski definition) is 2. The average molecular weight is 388 g/mol. The molecule has 0 aliphatic carbocycles. The highest BCUT2D eigenvalue weighted by Crippen LogP contribution is 2.18. The molecule has 0 aliphatic rings. The monoisotopic (exact) mass is 388 g/mol. The normalized spacial score (nSPS) is 11.8. The summed E-state index contributed by atoms with van der Waals surface area (Å²) >= 11 is 0. The molecular formula is C24H21FN2O2. The topological polar surface area (TPSA) is 58.2 Å². The highest BCUT2D eigenvalue weighted by atomic mass is 19.1. The lowest BCUT2D eigenvalue weighted by Gasteiger charge is -2.16. The van der Waals surface area contributed by atoms with Gasteiger partial charge in [0.1, 0.15) is 5.82 Å². The number of benzene rings is 3. The molecule has 0 fully saturated rings. The first-order valence-corrected chi connectivity index (χ1v) is 9.22. The molecule has 0 bridgehead atoms. The van der Waals surface area contributed by atoms with E-state index in [-0.39, 0.29) is 23.7 Å². The molecule has 2 amide bonds. The summed E-state index contributed by atoms with van der Waals surface area (Å²) in [4.78, 5) is 25.0. The second-order valence-corrected chi connectivity index (χ2v) is 6.53. The molecule has 0 aromatic heterocycles. The fourth-order valence-electron chi connectivity index (χ4n) is 2.81. The van der Waals surface area contributed by atoms with Crippen molar-refractivity contribution in [3.05, 3.63) is 107 Å². The van der Waals surface area contributed by atoms with Crippen LogP contribution in [0.25, 0.3) is 6.08 Å². The Labute approximate surface area is 169 Å². The molecule has 0 saturated carbocycles. The molecule has 4 nitrogen and oxygen atoms in total. The summed E-state index contributed by atoms with van der Waals surface area (Å²) in [6.07, 6.45) is 2.92. The van der Waals surface area contributed by atoms with Crippen molar-refractivity contribution in [2.45, 2.75) is 13.0 Å². The largest absolute Gasteiger partial charge is 0.345 e. The van der Waals surface area contributed by atoms with E-state index in [2.05, 4.69) is 10.6 Å². The molecule has 5 heteroatoms. The maximum Gasteiger partial charge on any atom is 0.253 e. The van der Waals surface area contributed by atoms with E-state index < -0.39 is 0 Å². The van der Waals surface area contributed by atoms with Crippen LogP contribution in [0.1, 0.15) is 34.5 Å². The summed E-state index contributed by atoms with van der Waals surface area (Å²) < 4.78 is 13.0. The summed E-state index contributed by atoms with van der Waals surface area (Å²) in [6.45, 7) is 1.90. The molecule has 1 unspecified atom stereocenters. The van der Waals surface area contributed by atoms with Gasteiger partial charge in [-0.2, -0.15) is 0 Å². The molecule has 1 atom stereocenters. The van der Waals surface area contributed by atoms with Gasteiger partial charge in [-0.1, -0.05) is 54.6 Å². The van der Waals surface area contributed by atoms with Gasteiger partial charge in [-0.3, -0.25) is 9.59 Å². The van der Waals surface area contributed by atoms with Crippen LogP contribution in [0.4, 0.5) is 10.1 Å². The predicted octanol–water partition coefficient (Wildman–Crippen LogP) is 4.97. The van der Waals surface area contributed by atoms with Crippen molar-refractivity contribution in [2.75, 3.05) is 5.32 Å². The van der Waals surface area contributed by atoms with Gasteiger partial charge in [0.15, 0.2) is 0 Å². The molecule has 0 radical (unpaired) electrons. The number of carbonyl (C=O) groups is 2. The molecule has 0 aliphatic heterocycles. The lowest BCUT2D eigenvalue weighted by Crippen LogP contribution is -2.27. The van der Waals surface area contributed by atoms with Crippen molar-refractivity contribution in [1.29, 1.82) is 0 Å². The first kappa shape index (κ1) is 20.0. The van der Waals surface area contributed by atoms with Crippen LogP contribution in [0.3, 0.4) is 0 Å². The van der Waals surface area contributed by atoms with E-state index in [1.807, 2.05) is 37.3 Å². The van der Waals surface area contributed by atoms with Crippen LogP contribution >= 0.6 is 0 Å². The van der Waals surface area contributed by atoms with Crippen molar-refractivity contribution < 1.29 is 14.0 Å². The third-order valence-corrected chi connectivity index (χ3v) is 4.37. The van der Waals surface area contributed by atoms with Crippen molar-refractivity contribution in [1.82, 2.24) is 5.32 Å². The lowest BCUT2D eigenvalue weighted by molar-refractivity contribution is -0.111. The van der Waals surface area contributed by atoms with E-state index in [4.69, 9.17) is 0 Å². The molecular weight excluding hydrogens is 367 g/mol. The summed E-state index contributed by atoms with van der Waals surface area (Å²) in [5.74, 6) is -0.998. The Bertz CT molecular complexity index is 1010. The first-order chi connectivity index (χ1) is 14.0. The van der Waals surface area contributed by atoms with Gasteiger partial charge in [0.2, 0.25) is 5.91 Å². The minimum atomic E-state index is -0.384. The SMILES string of the molecule is CC(NC(=O)c1ccccc1NC(=O)C=Cc1ccc(F)cc1)c1ccccc1. The van der Waals surface area contributed by atoms with E-state index in [1.165, 1.54) is 18.2 Å². The maximum atomic E-state index is 13.0. The Hall–Kier alpha value is -3.73. The Morgan fingerprint density at radius 2 is 1.55 bits per heavy atom. The zero-order chi connectivity index (χ0) is 20.6. The first-order valence-electron chi connectivity index (χ1n) is 9.22. The molecule has 2 N–H and O–H groups in total. The number of carbonyl (C=O) groups excluding carboxylic acids is 2. The van der Waals surface area contributed by atoms with E-state index in [9.17, 15) is 14.0 Å². The highest BCUT2D eigenvalue weighted by molar-refractivity contribution is 6.07. The van der Waals surface area contributed by atoms with Crippen molar-refractivity contribution in [3.63, 3.8) is 0 Å². The van der Waals surface area contributed by atoms with Gasteiger partial charge in [0.25, 0.3) is 5.91 Å². The number of nitrogens with one attached hydrogen (secondary N) is 2. The van der Waals surface area contributed by atoms with E-state index in [0.717, 1.165) is 5.56 Å². The summed E-state index contributed by atoms with van der Waals surface area (Å²) in [6, 6.07) is 22.1. The number of halogens is 1. The number of amides is 2. The maximum absolute atomic E-state index is 13.0. The third kappa shape index (κ3) is 5.62. The van der Waals surface area contributed by atoms with Gasteiger partial charge >= 0.3 is 0 Å². The van der Waals surface area contributed by atoms with E-state index in [0.29, 0.717) is 16.8 Å².